The first-order chi connectivity index (χ1) is 10.3. The van der Waals surface area contributed by atoms with Crippen LogP contribution in [0.1, 0.15) is 51.0 Å². The van der Waals surface area contributed by atoms with Crippen molar-refractivity contribution in [2.45, 2.75) is 64.1 Å². The van der Waals surface area contributed by atoms with Crippen molar-refractivity contribution in [3.63, 3.8) is 0 Å². The van der Waals surface area contributed by atoms with Crippen LogP contribution in [0.2, 0.25) is 0 Å². The molecule has 4 rings (SSSR count). The molecule has 2 aliphatic carbocycles. The van der Waals surface area contributed by atoms with Crippen LogP contribution in [-0.4, -0.2) is 17.0 Å². The minimum Gasteiger partial charge on any atom is -0.285 e. The van der Waals surface area contributed by atoms with Gasteiger partial charge in [0.1, 0.15) is 0 Å². The normalized spacial score (nSPS) is 29.1. The first-order valence-corrected chi connectivity index (χ1v) is 8.54. The van der Waals surface area contributed by atoms with Crippen LogP contribution >= 0.6 is 0 Å². The number of hydrogen-bond acceptors (Lipinski definition) is 1. The van der Waals surface area contributed by atoms with E-state index in [2.05, 4.69) is 48.2 Å². The van der Waals surface area contributed by atoms with Crippen molar-refractivity contribution in [3.8, 4) is 0 Å². The highest BCUT2D eigenvalue weighted by Crippen LogP contribution is 2.44. The Balaban J connectivity index is 1.70. The summed E-state index contributed by atoms with van der Waals surface area (Å²) in [6, 6.07) is 12.4. The molecule has 1 fully saturated rings. The first kappa shape index (κ1) is 13.3. The zero-order chi connectivity index (χ0) is 14.2. The minimum absolute atomic E-state index is 0.678. The molecule has 1 saturated carbocycles. The van der Waals surface area contributed by atoms with E-state index in [0.29, 0.717) is 12.1 Å². The fourth-order valence-electron chi connectivity index (χ4n) is 4.65. The molecule has 1 aromatic carbocycles. The SMILES string of the molecule is CC1=C2CCCC[C@H]2N(Cc2ccccc2)[C@@H]2CCC=C12. The van der Waals surface area contributed by atoms with Gasteiger partial charge in [0.15, 0.2) is 0 Å². The molecular weight excluding hydrogens is 254 g/mol. The molecule has 1 heteroatoms. The second-order valence-electron chi connectivity index (χ2n) is 6.82. The molecule has 0 bridgehead atoms. The maximum absolute atomic E-state index is 2.82. The summed E-state index contributed by atoms with van der Waals surface area (Å²) in [5, 5.41) is 0. The third kappa shape index (κ3) is 2.28. The maximum atomic E-state index is 2.82. The van der Waals surface area contributed by atoms with Gasteiger partial charge in [0.2, 0.25) is 0 Å². The third-order valence-corrected chi connectivity index (χ3v) is 5.66. The third-order valence-electron chi connectivity index (χ3n) is 5.66. The van der Waals surface area contributed by atoms with Gasteiger partial charge in [0, 0.05) is 18.6 Å². The summed E-state index contributed by atoms with van der Waals surface area (Å²) in [5.74, 6) is 0. The molecule has 3 aliphatic rings. The zero-order valence-corrected chi connectivity index (χ0v) is 13.0. The molecule has 1 aliphatic heterocycles. The van der Waals surface area contributed by atoms with Gasteiger partial charge < -0.3 is 0 Å². The summed E-state index contributed by atoms with van der Waals surface area (Å²) >= 11 is 0. The molecule has 0 radical (unpaired) electrons. The van der Waals surface area contributed by atoms with E-state index in [-0.39, 0.29) is 0 Å². The lowest BCUT2D eigenvalue weighted by Gasteiger charge is -2.46. The quantitative estimate of drug-likeness (QED) is 0.748. The smallest absolute Gasteiger partial charge is 0.0360 e. The van der Waals surface area contributed by atoms with Crippen LogP contribution in [0, 0.1) is 0 Å². The van der Waals surface area contributed by atoms with Crippen molar-refractivity contribution in [1.82, 2.24) is 4.90 Å². The number of hydrogen-bond donors (Lipinski definition) is 0. The lowest BCUT2D eigenvalue weighted by molar-refractivity contribution is 0.135. The predicted octanol–water partition coefficient (Wildman–Crippen LogP) is 4.85. The monoisotopic (exact) mass is 279 g/mol. The Kier molecular flexibility index (Phi) is 3.46. The molecule has 1 nitrogen and oxygen atoms in total. The number of rotatable bonds is 2. The van der Waals surface area contributed by atoms with Gasteiger partial charge in [-0.2, -0.15) is 0 Å². The van der Waals surface area contributed by atoms with E-state index in [1.54, 1.807) is 16.7 Å². The molecule has 0 unspecified atom stereocenters. The summed E-state index contributed by atoms with van der Waals surface area (Å²) in [5.41, 5.74) is 6.51. The molecule has 0 saturated heterocycles. The predicted molar refractivity (Wildman–Crippen MR) is 88.0 cm³/mol. The molecule has 2 atom stereocenters. The van der Waals surface area contributed by atoms with Crippen LogP contribution in [0.25, 0.3) is 0 Å². The average molecular weight is 279 g/mol. The molecule has 110 valence electrons. The van der Waals surface area contributed by atoms with Crippen molar-refractivity contribution >= 4 is 0 Å². The standard InChI is InChI=1S/C20H25N/c1-15-17-10-5-6-12-19(17)21(20-13-7-11-18(15)20)14-16-8-3-2-4-9-16/h2-4,8-9,11,19-20H,5-7,10,12-14H2,1H3/t19-,20-/m1/s1. The van der Waals surface area contributed by atoms with E-state index in [0.717, 1.165) is 6.54 Å². The second-order valence-corrected chi connectivity index (χ2v) is 6.82. The summed E-state index contributed by atoms with van der Waals surface area (Å²) in [6.45, 7) is 3.50. The van der Waals surface area contributed by atoms with Gasteiger partial charge in [-0.1, -0.05) is 42.8 Å². The van der Waals surface area contributed by atoms with E-state index in [4.69, 9.17) is 0 Å². The zero-order valence-electron chi connectivity index (χ0n) is 13.0. The first-order valence-electron chi connectivity index (χ1n) is 8.54. The molecule has 21 heavy (non-hydrogen) atoms. The fourth-order valence-corrected chi connectivity index (χ4v) is 4.65. The number of benzene rings is 1. The molecule has 1 aromatic rings. The van der Waals surface area contributed by atoms with Crippen molar-refractivity contribution in [1.29, 1.82) is 0 Å². The lowest BCUT2D eigenvalue weighted by Crippen LogP contribution is -2.48. The van der Waals surface area contributed by atoms with E-state index in [1.807, 2.05) is 0 Å². The Morgan fingerprint density at radius 3 is 2.76 bits per heavy atom. The summed E-state index contributed by atoms with van der Waals surface area (Å²) in [7, 11) is 0. The van der Waals surface area contributed by atoms with E-state index >= 15 is 0 Å². The van der Waals surface area contributed by atoms with Gasteiger partial charge in [-0.3, -0.25) is 4.90 Å². The molecule has 1 heterocycles. The molecule has 0 amide bonds. The highest BCUT2D eigenvalue weighted by Gasteiger charge is 2.39. The largest absolute Gasteiger partial charge is 0.285 e. The Morgan fingerprint density at radius 1 is 1.05 bits per heavy atom. The highest BCUT2D eigenvalue weighted by molar-refractivity contribution is 5.46. The van der Waals surface area contributed by atoms with Gasteiger partial charge in [-0.25, -0.2) is 0 Å². The lowest BCUT2D eigenvalue weighted by atomic mass is 9.78. The van der Waals surface area contributed by atoms with Crippen LogP contribution in [0.4, 0.5) is 0 Å². The highest BCUT2D eigenvalue weighted by atomic mass is 15.2. The Hall–Kier alpha value is -1.34. The topological polar surface area (TPSA) is 3.24 Å². The van der Waals surface area contributed by atoms with E-state index in [1.165, 1.54) is 44.1 Å². The van der Waals surface area contributed by atoms with Gasteiger partial charge in [-0.15, -0.1) is 0 Å². The Morgan fingerprint density at radius 2 is 1.90 bits per heavy atom. The number of fused-ring (bicyclic) bond motifs is 2. The van der Waals surface area contributed by atoms with Crippen LogP contribution in [-0.2, 0) is 6.54 Å². The molecule has 0 spiro atoms. The second kappa shape index (κ2) is 5.46. The van der Waals surface area contributed by atoms with E-state index < -0.39 is 0 Å². The summed E-state index contributed by atoms with van der Waals surface area (Å²) in [6.07, 6.45) is 10.6. The van der Waals surface area contributed by atoms with Crippen LogP contribution in [0.5, 0.6) is 0 Å². The maximum Gasteiger partial charge on any atom is 0.0360 e. The molecule has 0 aromatic heterocycles. The Labute approximate surface area is 128 Å². The van der Waals surface area contributed by atoms with E-state index in [9.17, 15) is 0 Å². The minimum atomic E-state index is 0.678. The Bertz CT molecular complexity index is 581. The molecular formula is C20H25N. The number of nitrogens with zero attached hydrogens (tertiary/aromatic N) is 1. The van der Waals surface area contributed by atoms with Gasteiger partial charge in [0.25, 0.3) is 0 Å². The summed E-state index contributed by atoms with van der Waals surface area (Å²) < 4.78 is 0. The fraction of sp³-hybridized carbons (Fsp3) is 0.500. The van der Waals surface area contributed by atoms with Gasteiger partial charge >= 0.3 is 0 Å². The number of allylic oxidation sites excluding steroid dienone is 1. The van der Waals surface area contributed by atoms with Crippen LogP contribution < -0.4 is 0 Å². The van der Waals surface area contributed by atoms with Gasteiger partial charge in [-0.05, 0) is 61.3 Å². The molecule has 0 N–H and O–H groups in total. The van der Waals surface area contributed by atoms with Crippen LogP contribution in [0.15, 0.2) is 53.1 Å². The van der Waals surface area contributed by atoms with Crippen molar-refractivity contribution in [2.24, 2.45) is 0 Å². The van der Waals surface area contributed by atoms with Crippen molar-refractivity contribution in [2.75, 3.05) is 0 Å². The van der Waals surface area contributed by atoms with Crippen LogP contribution in [0.3, 0.4) is 0 Å². The van der Waals surface area contributed by atoms with Crippen molar-refractivity contribution in [3.05, 3.63) is 58.7 Å². The van der Waals surface area contributed by atoms with Gasteiger partial charge in [0.05, 0.1) is 0 Å². The summed E-state index contributed by atoms with van der Waals surface area (Å²) in [4.78, 5) is 2.82. The average Bonchev–Trinajstić information content (AvgIpc) is 3.02. The van der Waals surface area contributed by atoms with Crippen molar-refractivity contribution < 1.29 is 0 Å².